The van der Waals surface area contributed by atoms with Gasteiger partial charge in [-0.15, -0.1) is 0 Å². The lowest BCUT2D eigenvalue weighted by Gasteiger charge is -2.31. The number of hydrogen-bond acceptors (Lipinski definition) is 2. The van der Waals surface area contributed by atoms with Crippen molar-refractivity contribution in [3.05, 3.63) is 35.9 Å². The summed E-state index contributed by atoms with van der Waals surface area (Å²) in [5.74, 6) is 0.450. The third-order valence-electron chi connectivity index (χ3n) is 4.91. The first-order chi connectivity index (χ1) is 10.7. The zero-order chi connectivity index (χ0) is 15.4. The van der Waals surface area contributed by atoms with E-state index in [0.717, 1.165) is 25.7 Å². The first-order valence-electron chi connectivity index (χ1n) is 8.34. The van der Waals surface area contributed by atoms with E-state index >= 15 is 0 Å². The van der Waals surface area contributed by atoms with E-state index in [0.29, 0.717) is 18.9 Å². The average Bonchev–Trinajstić information content (AvgIpc) is 2.56. The highest BCUT2D eigenvalue weighted by molar-refractivity contribution is 5.87. The minimum atomic E-state index is -0.147. The van der Waals surface area contributed by atoms with Gasteiger partial charge in [-0.25, -0.2) is 0 Å². The van der Waals surface area contributed by atoms with Gasteiger partial charge in [0.25, 0.3) is 0 Å². The zero-order valence-electron chi connectivity index (χ0n) is 12.9. The zero-order valence-corrected chi connectivity index (χ0v) is 12.9. The molecule has 0 spiro atoms. The summed E-state index contributed by atoms with van der Waals surface area (Å²) in [7, 11) is 0. The quantitative estimate of drug-likeness (QED) is 0.900. The summed E-state index contributed by atoms with van der Waals surface area (Å²) < 4.78 is 0. The van der Waals surface area contributed by atoms with E-state index in [1.54, 1.807) is 0 Å². The Balaban J connectivity index is 1.56. The molecule has 1 aliphatic heterocycles. The summed E-state index contributed by atoms with van der Waals surface area (Å²) in [5.41, 5.74) is 1.37. The van der Waals surface area contributed by atoms with E-state index in [9.17, 15) is 9.59 Å². The SMILES string of the molecule is O=C1CC(C(=O)NC2CCCC(c3ccccc3)C2)CCN1. The summed E-state index contributed by atoms with van der Waals surface area (Å²) in [6.07, 6.45) is 5.49. The molecule has 3 unspecified atom stereocenters. The first-order valence-corrected chi connectivity index (χ1v) is 8.34. The molecule has 0 aromatic heterocycles. The van der Waals surface area contributed by atoms with Gasteiger partial charge in [0.1, 0.15) is 0 Å². The van der Waals surface area contributed by atoms with E-state index in [2.05, 4.69) is 34.9 Å². The first kappa shape index (κ1) is 15.1. The van der Waals surface area contributed by atoms with Crippen molar-refractivity contribution in [1.29, 1.82) is 0 Å². The largest absolute Gasteiger partial charge is 0.356 e. The second kappa shape index (κ2) is 6.95. The highest BCUT2D eigenvalue weighted by atomic mass is 16.2. The van der Waals surface area contributed by atoms with Crippen LogP contribution >= 0.6 is 0 Å². The van der Waals surface area contributed by atoms with Crippen molar-refractivity contribution >= 4 is 11.8 Å². The highest BCUT2D eigenvalue weighted by Gasteiger charge is 2.29. The normalized spacial score (nSPS) is 28.7. The van der Waals surface area contributed by atoms with Gasteiger partial charge < -0.3 is 10.6 Å². The van der Waals surface area contributed by atoms with Crippen LogP contribution in [0.15, 0.2) is 30.3 Å². The van der Waals surface area contributed by atoms with Crippen molar-refractivity contribution < 1.29 is 9.59 Å². The van der Waals surface area contributed by atoms with Gasteiger partial charge in [-0.2, -0.15) is 0 Å². The van der Waals surface area contributed by atoms with Crippen molar-refractivity contribution in [1.82, 2.24) is 10.6 Å². The van der Waals surface area contributed by atoms with Crippen molar-refractivity contribution in [2.75, 3.05) is 6.54 Å². The fourth-order valence-corrected chi connectivity index (χ4v) is 3.68. The molecule has 2 N–H and O–H groups in total. The Hall–Kier alpha value is -1.84. The topological polar surface area (TPSA) is 58.2 Å². The van der Waals surface area contributed by atoms with Crippen molar-refractivity contribution in [3.63, 3.8) is 0 Å². The Morgan fingerprint density at radius 1 is 1.14 bits per heavy atom. The third kappa shape index (κ3) is 3.67. The molecule has 4 heteroatoms. The molecule has 118 valence electrons. The second-order valence-electron chi connectivity index (χ2n) is 6.52. The number of piperidine rings is 1. The van der Waals surface area contributed by atoms with Crippen LogP contribution in [-0.2, 0) is 9.59 Å². The molecule has 1 heterocycles. The van der Waals surface area contributed by atoms with Gasteiger partial charge in [0.2, 0.25) is 11.8 Å². The highest BCUT2D eigenvalue weighted by Crippen LogP contribution is 2.33. The number of benzene rings is 1. The maximum absolute atomic E-state index is 12.4. The van der Waals surface area contributed by atoms with Crippen LogP contribution in [0, 0.1) is 5.92 Å². The molecule has 3 rings (SSSR count). The van der Waals surface area contributed by atoms with Crippen molar-refractivity contribution in [2.24, 2.45) is 5.92 Å². The van der Waals surface area contributed by atoms with Crippen molar-refractivity contribution in [2.45, 2.75) is 50.5 Å². The fourth-order valence-electron chi connectivity index (χ4n) is 3.68. The molecule has 22 heavy (non-hydrogen) atoms. The molecule has 1 aliphatic carbocycles. The molecule has 2 amide bonds. The van der Waals surface area contributed by atoms with Crippen LogP contribution in [0.3, 0.4) is 0 Å². The molecule has 2 fully saturated rings. The molecule has 1 saturated heterocycles. The third-order valence-corrected chi connectivity index (χ3v) is 4.91. The summed E-state index contributed by atoms with van der Waals surface area (Å²) >= 11 is 0. The molecule has 1 saturated carbocycles. The van der Waals surface area contributed by atoms with Gasteiger partial charge in [0.05, 0.1) is 0 Å². The summed E-state index contributed by atoms with van der Waals surface area (Å²) in [6.45, 7) is 0.619. The number of rotatable bonds is 3. The summed E-state index contributed by atoms with van der Waals surface area (Å²) in [6, 6.07) is 10.8. The minimum absolute atomic E-state index is 0.00259. The molecular weight excluding hydrogens is 276 g/mol. The van der Waals surface area contributed by atoms with Gasteiger partial charge in [0, 0.05) is 24.9 Å². The summed E-state index contributed by atoms with van der Waals surface area (Å²) in [5, 5.41) is 5.97. The van der Waals surface area contributed by atoms with E-state index in [1.807, 2.05) is 6.07 Å². The van der Waals surface area contributed by atoms with Gasteiger partial charge in [0.15, 0.2) is 0 Å². The molecule has 0 radical (unpaired) electrons. The van der Waals surface area contributed by atoms with Gasteiger partial charge in [-0.05, 0) is 37.2 Å². The van der Waals surface area contributed by atoms with Gasteiger partial charge in [-0.1, -0.05) is 36.8 Å². The molecule has 1 aromatic rings. The van der Waals surface area contributed by atoms with Crippen LogP contribution in [0.1, 0.15) is 50.0 Å². The summed E-state index contributed by atoms with van der Waals surface area (Å²) in [4.78, 5) is 23.8. The second-order valence-corrected chi connectivity index (χ2v) is 6.52. The van der Waals surface area contributed by atoms with Crippen LogP contribution in [0.2, 0.25) is 0 Å². The van der Waals surface area contributed by atoms with Crippen molar-refractivity contribution in [3.8, 4) is 0 Å². The van der Waals surface area contributed by atoms with Gasteiger partial charge >= 0.3 is 0 Å². The van der Waals surface area contributed by atoms with Crippen LogP contribution < -0.4 is 10.6 Å². The Labute approximate surface area is 131 Å². The van der Waals surface area contributed by atoms with Crippen LogP contribution in [0.4, 0.5) is 0 Å². The predicted octanol–water partition coefficient (Wildman–Crippen LogP) is 2.36. The van der Waals surface area contributed by atoms with Crippen LogP contribution in [-0.4, -0.2) is 24.4 Å². The Kier molecular flexibility index (Phi) is 4.76. The number of nitrogens with one attached hydrogen (secondary N) is 2. The minimum Gasteiger partial charge on any atom is -0.356 e. The lowest BCUT2D eigenvalue weighted by Crippen LogP contribution is -2.45. The molecule has 1 aromatic carbocycles. The number of carbonyl (C=O) groups is 2. The predicted molar refractivity (Wildman–Crippen MR) is 85.3 cm³/mol. The van der Waals surface area contributed by atoms with Gasteiger partial charge in [-0.3, -0.25) is 9.59 Å². The van der Waals surface area contributed by atoms with E-state index in [4.69, 9.17) is 0 Å². The number of carbonyl (C=O) groups excluding carboxylic acids is 2. The van der Waals surface area contributed by atoms with E-state index < -0.39 is 0 Å². The molecule has 2 aliphatic rings. The molecule has 0 bridgehead atoms. The van der Waals surface area contributed by atoms with E-state index in [1.165, 1.54) is 12.0 Å². The molecule has 3 atom stereocenters. The lowest BCUT2D eigenvalue weighted by molar-refractivity contribution is -0.133. The number of amides is 2. The maximum Gasteiger partial charge on any atom is 0.223 e. The average molecular weight is 300 g/mol. The maximum atomic E-state index is 12.4. The van der Waals surface area contributed by atoms with Crippen LogP contribution in [0.25, 0.3) is 0 Å². The Bertz CT molecular complexity index is 529. The standard InChI is InChI=1S/C18H24N2O2/c21-17-12-15(9-10-19-17)18(22)20-16-8-4-7-14(11-16)13-5-2-1-3-6-13/h1-3,5-6,14-16H,4,7-12H2,(H,19,21)(H,20,22). The van der Waals surface area contributed by atoms with E-state index in [-0.39, 0.29) is 23.8 Å². The fraction of sp³-hybridized carbons (Fsp3) is 0.556. The Morgan fingerprint density at radius 3 is 2.73 bits per heavy atom. The van der Waals surface area contributed by atoms with Crippen LogP contribution in [0.5, 0.6) is 0 Å². The number of hydrogen-bond donors (Lipinski definition) is 2. The lowest BCUT2D eigenvalue weighted by atomic mass is 9.81. The Morgan fingerprint density at radius 2 is 1.95 bits per heavy atom. The molecule has 4 nitrogen and oxygen atoms in total. The monoisotopic (exact) mass is 300 g/mol. The molecular formula is C18H24N2O2. The smallest absolute Gasteiger partial charge is 0.223 e.